The van der Waals surface area contributed by atoms with E-state index in [4.69, 9.17) is 4.74 Å². The molecule has 0 aromatic carbocycles. The van der Waals surface area contributed by atoms with Gasteiger partial charge in [-0.1, -0.05) is 6.92 Å². The lowest BCUT2D eigenvalue weighted by Gasteiger charge is -2.34. The number of nitrogens with zero attached hydrogens (tertiary/aromatic N) is 3. The highest BCUT2D eigenvalue weighted by Gasteiger charge is 2.23. The second kappa shape index (κ2) is 7.40. The normalized spacial score (nSPS) is 11.6. The number of ether oxygens (including phenoxy) is 1. The molecule has 1 aromatic rings. The van der Waals surface area contributed by atoms with Crippen molar-refractivity contribution >= 4 is 5.95 Å². The molecule has 0 spiro atoms. The number of rotatable bonds is 8. The Bertz CT molecular complexity index is 364. The fraction of sp³-hybridized carbons (Fsp3) is 0.714. The van der Waals surface area contributed by atoms with E-state index in [1.54, 1.807) is 7.11 Å². The molecule has 0 amide bonds. The Labute approximate surface area is 116 Å². The van der Waals surface area contributed by atoms with Gasteiger partial charge in [-0.3, -0.25) is 0 Å². The number of hydrogen-bond acceptors (Lipinski definition) is 5. The molecule has 1 aromatic heterocycles. The molecule has 0 saturated heterocycles. The van der Waals surface area contributed by atoms with Crippen molar-refractivity contribution in [1.29, 1.82) is 0 Å². The zero-order valence-corrected chi connectivity index (χ0v) is 12.7. The van der Waals surface area contributed by atoms with Crippen LogP contribution in [0.4, 0.5) is 5.95 Å². The van der Waals surface area contributed by atoms with E-state index in [0.29, 0.717) is 6.61 Å². The standard InChI is InChI=1S/C14H26N4O/c1-6-14(2,3)18(4)13-16-10-12(11-17-13)9-15-7-8-19-5/h10-11,15H,6-9H2,1-5H3. The average molecular weight is 266 g/mol. The summed E-state index contributed by atoms with van der Waals surface area (Å²) in [7, 11) is 3.74. The van der Waals surface area contributed by atoms with Gasteiger partial charge in [-0.25, -0.2) is 9.97 Å². The Hall–Kier alpha value is -1.20. The van der Waals surface area contributed by atoms with Crippen LogP contribution in [0.2, 0.25) is 0 Å². The molecule has 1 N–H and O–H groups in total. The number of nitrogens with one attached hydrogen (secondary N) is 1. The van der Waals surface area contributed by atoms with E-state index in [2.05, 4.69) is 41.0 Å². The quantitative estimate of drug-likeness (QED) is 0.728. The van der Waals surface area contributed by atoms with Crippen LogP contribution in [0.15, 0.2) is 12.4 Å². The summed E-state index contributed by atoms with van der Waals surface area (Å²) in [6.07, 6.45) is 4.81. The summed E-state index contributed by atoms with van der Waals surface area (Å²) in [4.78, 5) is 11.0. The second-order valence-electron chi connectivity index (χ2n) is 5.29. The molecule has 0 bridgehead atoms. The molecule has 19 heavy (non-hydrogen) atoms. The molecule has 0 saturated carbocycles. The summed E-state index contributed by atoms with van der Waals surface area (Å²) < 4.78 is 4.98. The van der Waals surface area contributed by atoms with Crippen molar-refractivity contribution < 1.29 is 4.74 Å². The second-order valence-corrected chi connectivity index (χ2v) is 5.29. The molecule has 0 unspecified atom stereocenters. The fourth-order valence-corrected chi connectivity index (χ4v) is 1.53. The highest BCUT2D eigenvalue weighted by molar-refractivity contribution is 5.32. The molecule has 108 valence electrons. The van der Waals surface area contributed by atoms with Crippen LogP contribution in [0.25, 0.3) is 0 Å². The summed E-state index contributed by atoms with van der Waals surface area (Å²) in [5, 5.41) is 3.27. The maximum absolute atomic E-state index is 4.98. The molecule has 0 aliphatic rings. The monoisotopic (exact) mass is 266 g/mol. The van der Waals surface area contributed by atoms with Crippen molar-refractivity contribution in [3.8, 4) is 0 Å². The van der Waals surface area contributed by atoms with Crippen LogP contribution in [-0.2, 0) is 11.3 Å². The van der Waals surface area contributed by atoms with Gasteiger partial charge in [0.05, 0.1) is 6.61 Å². The van der Waals surface area contributed by atoms with E-state index in [1.807, 2.05) is 19.4 Å². The zero-order valence-electron chi connectivity index (χ0n) is 12.7. The third-order valence-corrected chi connectivity index (χ3v) is 3.58. The van der Waals surface area contributed by atoms with Crippen LogP contribution in [0.5, 0.6) is 0 Å². The average Bonchev–Trinajstić information content (AvgIpc) is 2.43. The Morgan fingerprint density at radius 2 is 1.95 bits per heavy atom. The van der Waals surface area contributed by atoms with Gasteiger partial charge < -0.3 is 15.0 Å². The smallest absolute Gasteiger partial charge is 0.225 e. The van der Waals surface area contributed by atoms with Crippen LogP contribution in [-0.4, -0.2) is 42.8 Å². The largest absolute Gasteiger partial charge is 0.383 e. The third-order valence-electron chi connectivity index (χ3n) is 3.58. The summed E-state index contributed by atoms with van der Waals surface area (Å²) >= 11 is 0. The third kappa shape index (κ3) is 4.76. The molecule has 0 aliphatic carbocycles. The van der Waals surface area contributed by atoms with Crippen LogP contribution in [0, 0.1) is 0 Å². The number of anilines is 1. The topological polar surface area (TPSA) is 50.3 Å². The first kappa shape index (κ1) is 15.9. The van der Waals surface area contributed by atoms with Gasteiger partial charge >= 0.3 is 0 Å². The molecule has 0 radical (unpaired) electrons. The fourth-order valence-electron chi connectivity index (χ4n) is 1.53. The highest BCUT2D eigenvalue weighted by Crippen LogP contribution is 2.20. The lowest BCUT2D eigenvalue weighted by molar-refractivity contribution is 0.199. The van der Waals surface area contributed by atoms with E-state index in [-0.39, 0.29) is 5.54 Å². The van der Waals surface area contributed by atoms with Crippen molar-refractivity contribution in [3.05, 3.63) is 18.0 Å². The molecular weight excluding hydrogens is 240 g/mol. The lowest BCUT2D eigenvalue weighted by atomic mass is 10.0. The minimum absolute atomic E-state index is 0.0677. The molecule has 5 nitrogen and oxygen atoms in total. The molecule has 0 fully saturated rings. The highest BCUT2D eigenvalue weighted by atomic mass is 16.5. The summed E-state index contributed by atoms with van der Waals surface area (Å²) in [5.41, 5.74) is 1.15. The van der Waals surface area contributed by atoms with E-state index < -0.39 is 0 Å². The van der Waals surface area contributed by atoms with Crippen LogP contribution in [0.1, 0.15) is 32.8 Å². The molecule has 0 atom stereocenters. The number of hydrogen-bond donors (Lipinski definition) is 1. The molecule has 5 heteroatoms. The van der Waals surface area contributed by atoms with Gasteiger partial charge in [0.15, 0.2) is 0 Å². The van der Waals surface area contributed by atoms with Crippen LogP contribution in [0.3, 0.4) is 0 Å². The van der Waals surface area contributed by atoms with Gasteiger partial charge in [0.1, 0.15) is 0 Å². The lowest BCUT2D eigenvalue weighted by Crippen LogP contribution is -2.41. The number of aromatic nitrogens is 2. The maximum Gasteiger partial charge on any atom is 0.225 e. The first-order valence-corrected chi connectivity index (χ1v) is 6.75. The first-order chi connectivity index (χ1) is 9.01. The van der Waals surface area contributed by atoms with Crippen LogP contribution < -0.4 is 10.2 Å². The molecular formula is C14H26N4O. The SMILES string of the molecule is CCC(C)(C)N(C)c1ncc(CNCCOC)cn1. The summed E-state index contributed by atoms with van der Waals surface area (Å²) in [6, 6.07) is 0. The van der Waals surface area contributed by atoms with Crippen molar-refractivity contribution in [1.82, 2.24) is 15.3 Å². The van der Waals surface area contributed by atoms with E-state index in [9.17, 15) is 0 Å². The van der Waals surface area contributed by atoms with E-state index in [0.717, 1.165) is 31.0 Å². The summed E-state index contributed by atoms with van der Waals surface area (Å²) in [5.74, 6) is 0.771. The summed E-state index contributed by atoms with van der Waals surface area (Å²) in [6.45, 7) is 8.87. The van der Waals surface area contributed by atoms with Gasteiger partial charge in [-0.15, -0.1) is 0 Å². The van der Waals surface area contributed by atoms with Crippen molar-refractivity contribution in [2.45, 2.75) is 39.3 Å². The van der Waals surface area contributed by atoms with Gasteiger partial charge in [0, 0.05) is 50.7 Å². The van der Waals surface area contributed by atoms with Crippen molar-refractivity contribution in [3.63, 3.8) is 0 Å². The Kier molecular flexibility index (Phi) is 6.18. The number of methoxy groups -OCH3 is 1. The van der Waals surface area contributed by atoms with Crippen LogP contribution >= 0.6 is 0 Å². The predicted octanol–water partition coefficient (Wildman–Crippen LogP) is 1.84. The first-order valence-electron chi connectivity index (χ1n) is 6.75. The minimum atomic E-state index is 0.0677. The Balaban J connectivity index is 2.56. The van der Waals surface area contributed by atoms with Gasteiger partial charge in [0.25, 0.3) is 0 Å². The maximum atomic E-state index is 4.98. The minimum Gasteiger partial charge on any atom is -0.383 e. The Morgan fingerprint density at radius 3 is 2.47 bits per heavy atom. The predicted molar refractivity (Wildman–Crippen MR) is 78.4 cm³/mol. The zero-order chi connectivity index (χ0) is 14.3. The van der Waals surface area contributed by atoms with Gasteiger partial charge in [-0.05, 0) is 20.3 Å². The molecule has 1 heterocycles. The van der Waals surface area contributed by atoms with Crippen molar-refractivity contribution in [2.75, 3.05) is 32.2 Å². The van der Waals surface area contributed by atoms with Gasteiger partial charge in [-0.2, -0.15) is 0 Å². The molecule has 1 rings (SSSR count). The molecule has 0 aliphatic heterocycles. The van der Waals surface area contributed by atoms with Gasteiger partial charge in [0.2, 0.25) is 5.95 Å². The van der Waals surface area contributed by atoms with E-state index >= 15 is 0 Å². The van der Waals surface area contributed by atoms with E-state index in [1.165, 1.54) is 0 Å². The Morgan fingerprint density at radius 1 is 1.32 bits per heavy atom. The van der Waals surface area contributed by atoms with Crippen molar-refractivity contribution in [2.24, 2.45) is 0 Å².